The zero-order chi connectivity index (χ0) is 15.0. The van der Waals surface area contributed by atoms with Crippen molar-refractivity contribution in [1.29, 1.82) is 0 Å². The van der Waals surface area contributed by atoms with Crippen molar-refractivity contribution < 1.29 is 9.92 Å². The molecule has 0 fully saturated rings. The van der Waals surface area contributed by atoms with E-state index in [9.17, 15) is 10.1 Å². The van der Waals surface area contributed by atoms with Crippen molar-refractivity contribution in [1.82, 2.24) is 0 Å². The molecule has 0 bridgehead atoms. The highest BCUT2D eigenvalue weighted by Crippen LogP contribution is 2.21. The minimum atomic E-state index is -0.790. The molecule has 0 spiro atoms. The molecule has 0 aliphatic heterocycles. The number of allylic oxidation sites excluding steroid dienone is 1. The molecule has 108 valence electrons. The molecule has 6 nitrogen and oxygen atoms in total. The fourth-order valence-corrected chi connectivity index (χ4v) is 2.15. The van der Waals surface area contributed by atoms with Crippen LogP contribution in [0.2, 0.25) is 0 Å². The molecule has 1 aromatic carbocycles. The fraction of sp³-hybridized carbons (Fsp3) is 0.308. The Morgan fingerprint density at radius 2 is 2.25 bits per heavy atom. The summed E-state index contributed by atoms with van der Waals surface area (Å²) in [5.41, 5.74) is 8.12. The van der Waals surface area contributed by atoms with Crippen molar-refractivity contribution in [3.63, 3.8) is 0 Å². The topological polar surface area (TPSA) is 90.8 Å². The first kappa shape index (κ1) is 16.0. The van der Waals surface area contributed by atoms with Gasteiger partial charge in [-0.25, -0.2) is 0 Å². The lowest BCUT2D eigenvalue weighted by Crippen LogP contribution is -2.02. The Labute approximate surface area is 121 Å². The third-order valence-corrected chi connectivity index (χ3v) is 3.56. The summed E-state index contributed by atoms with van der Waals surface area (Å²) in [5.74, 6) is 0. The van der Waals surface area contributed by atoms with Gasteiger partial charge < -0.3 is 10.6 Å². The third kappa shape index (κ3) is 5.31. The highest BCUT2D eigenvalue weighted by molar-refractivity contribution is 8.02. The Kier molecular flexibility index (Phi) is 6.58. The van der Waals surface area contributed by atoms with Gasteiger partial charge in [-0.05, 0) is 19.2 Å². The van der Waals surface area contributed by atoms with Gasteiger partial charge in [-0.1, -0.05) is 18.2 Å². The standard InChI is InChI=1S/C13H17N3O3S/c1-10(13(20-2)7-8-19-16(17)18)15-9-11-5-3-4-6-12(11)14/h3-6,9H,7-8,14H2,1-2H3/b13-10-,15-9?. The van der Waals surface area contributed by atoms with E-state index >= 15 is 0 Å². The lowest BCUT2D eigenvalue weighted by molar-refractivity contribution is -0.757. The molecule has 0 atom stereocenters. The SMILES string of the molecule is CS/C(CCO[N+](=O)[O-])=C(/C)N=Cc1ccccc1N. The molecule has 1 rings (SSSR count). The molecule has 0 aliphatic rings. The summed E-state index contributed by atoms with van der Waals surface area (Å²) in [6.45, 7) is 1.89. The van der Waals surface area contributed by atoms with Gasteiger partial charge in [-0.2, -0.15) is 0 Å². The second kappa shape index (κ2) is 8.21. The monoisotopic (exact) mass is 295 g/mol. The average molecular weight is 295 g/mol. The van der Waals surface area contributed by atoms with Crippen LogP contribution in [0, 0.1) is 10.1 Å². The number of benzene rings is 1. The fourth-order valence-electron chi connectivity index (χ4n) is 1.51. The van der Waals surface area contributed by atoms with E-state index in [1.165, 1.54) is 11.8 Å². The number of anilines is 1. The second-order valence-corrected chi connectivity index (χ2v) is 4.81. The molecular weight excluding hydrogens is 278 g/mol. The molecule has 0 aromatic heterocycles. The zero-order valence-electron chi connectivity index (χ0n) is 11.4. The van der Waals surface area contributed by atoms with E-state index in [-0.39, 0.29) is 6.61 Å². The summed E-state index contributed by atoms with van der Waals surface area (Å²) >= 11 is 1.50. The maximum atomic E-state index is 10.1. The van der Waals surface area contributed by atoms with E-state index in [0.29, 0.717) is 12.1 Å². The second-order valence-electron chi connectivity index (χ2n) is 3.91. The molecule has 0 unspecified atom stereocenters. The Balaban J connectivity index is 2.74. The van der Waals surface area contributed by atoms with Gasteiger partial charge in [-0.15, -0.1) is 21.9 Å². The van der Waals surface area contributed by atoms with Gasteiger partial charge in [0.1, 0.15) is 6.61 Å². The third-order valence-electron chi connectivity index (χ3n) is 2.57. The Hall–Kier alpha value is -2.02. The van der Waals surface area contributed by atoms with Crippen molar-refractivity contribution in [2.24, 2.45) is 4.99 Å². The van der Waals surface area contributed by atoms with Crippen LogP contribution in [0.25, 0.3) is 0 Å². The number of rotatable bonds is 7. The minimum absolute atomic E-state index is 0.0313. The lowest BCUT2D eigenvalue weighted by atomic mass is 10.2. The van der Waals surface area contributed by atoms with E-state index in [1.807, 2.05) is 31.4 Å². The van der Waals surface area contributed by atoms with Gasteiger partial charge >= 0.3 is 0 Å². The van der Waals surface area contributed by atoms with Crippen LogP contribution >= 0.6 is 11.8 Å². The van der Waals surface area contributed by atoms with E-state index < -0.39 is 5.09 Å². The van der Waals surface area contributed by atoms with Crippen LogP contribution in [0.4, 0.5) is 5.69 Å². The summed E-state index contributed by atoms with van der Waals surface area (Å²) in [6, 6.07) is 7.43. The van der Waals surface area contributed by atoms with Crippen LogP contribution in [0.1, 0.15) is 18.9 Å². The number of thioether (sulfide) groups is 1. The number of nitrogens with two attached hydrogens (primary N) is 1. The average Bonchev–Trinajstić information content (AvgIpc) is 2.42. The number of para-hydroxylation sites is 1. The molecule has 1 aromatic rings. The molecule has 2 N–H and O–H groups in total. The van der Waals surface area contributed by atoms with Crippen molar-refractivity contribution >= 4 is 23.7 Å². The summed E-state index contributed by atoms with van der Waals surface area (Å²) in [6.07, 6.45) is 4.04. The molecule has 7 heteroatoms. The van der Waals surface area contributed by atoms with Gasteiger partial charge in [0.15, 0.2) is 0 Å². The van der Waals surface area contributed by atoms with E-state index in [0.717, 1.165) is 16.2 Å². The maximum Gasteiger partial charge on any atom is 0.294 e. The maximum absolute atomic E-state index is 10.1. The normalized spacial score (nSPS) is 12.3. The molecule has 0 amide bonds. The molecule has 0 radical (unpaired) electrons. The first-order valence-electron chi connectivity index (χ1n) is 5.94. The van der Waals surface area contributed by atoms with Gasteiger partial charge in [0, 0.05) is 34.5 Å². The van der Waals surface area contributed by atoms with Crippen LogP contribution in [0.3, 0.4) is 0 Å². The van der Waals surface area contributed by atoms with E-state index in [4.69, 9.17) is 5.73 Å². The van der Waals surface area contributed by atoms with E-state index in [2.05, 4.69) is 9.83 Å². The lowest BCUT2D eigenvalue weighted by Gasteiger charge is -2.06. The number of nitrogens with zero attached hydrogens (tertiary/aromatic N) is 2. The molecule has 0 saturated heterocycles. The van der Waals surface area contributed by atoms with Crippen molar-refractivity contribution in [3.05, 3.63) is 50.5 Å². The Morgan fingerprint density at radius 1 is 1.55 bits per heavy atom. The van der Waals surface area contributed by atoms with Crippen LogP contribution in [0.5, 0.6) is 0 Å². The molecule has 0 heterocycles. The summed E-state index contributed by atoms with van der Waals surface area (Å²) in [4.78, 5) is 19.7. The quantitative estimate of drug-likeness (QED) is 0.361. The zero-order valence-corrected chi connectivity index (χ0v) is 12.2. The minimum Gasteiger partial charge on any atom is -0.398 e. The van der Waals surface area contributed by atoms with Gasteiger partial charge in [0.25, 0.3) is 5.09 Å². The van der Waals surface area contributed by atoms with Crippen LogP contribution in [0.15, 0.2) is 39.9 Å². The van der Waals surface area contributed by atoms with Gasteiger partial charge in [-0.3, -0.25) is 4.99 Å². The van der Waals surface area contributed by atoms with Crippen molar-refractivity contribution in [2.75, 3.05) is 18.6 Å². The van der Waals surface area contributed by atoms with Crippen molar-refractivity contribution in [2.45, 2.75) is 13.3 Å². The first-order chi connectivity index (χ1) is 9.54. The Bertz CT molecular complexity index is 529. The summed E-state index contributed by atoms with van der Waals surface area (Å²) < 4.78 is 0. The predicted octanol–water partition coefficient (Wildman–Crippen LogP) is 2.88. The van der Waals surface area contributed by atoms with E-state index in [1.54, 1.807) is 12.3 Å². The van der Waals surface area contributed by atoms with Crippen LogP contribution in [-0.4, -0.2) is 24.2 Å². The Morgan fingerprint density at radius 3 is 2.85 bits per heavy atom. The molecule has 20 heavy (non-hydrogen) atoms. The predicted molar refractivity (Wildman–Crippen MR) is 82.2 cm³/mol. The number of hydrogen-bond acceptors (Lipinski definition) is 6. The number of aliphatic imine (C=N–C) groups is 1. The highest BCUT2D eigenvalue weighted by atomic mass is 32.2. The summed E-state index contributed by atoms with van der Waals surface area (Å²) in [7, 11) is 0. The molecule has 0 saturated carbocycles. The van der Waals surface area contributed by atoms with Crippen molar-refractivity contribution in [3.8, 4) is 0 Å². The van der Waals surface area contributed by atoms with Crippen LogP contribution in [-0.2, 0) is 4.84 Å². The highest BCUT2D eigenvalue weighted by Gasteiger charge is 2.03. The largest absolute Gasteiger partial charge is 0.398 e. The molecule has 0 aliphatic carbocycles. The molecular formula is C13H17N3O3S. The van der Waals surface area contributed by atoms with Gasteiger partial charge in [0.2, 0.25) is 0 Å². The van der Waals surface area contributed by atoms with Gasteiger partial charge in [0.05, 0.1) is 0 Å². The summed E-state index contributed by atoms with van der Waals surface area (Å²) in [5, 5.41) is 9.31. The first-order valence-corrected chi connectivity index (χ1v) is 7.16. The number of hydrogen-bond donors (Lipinski definition) is 1. The smallest absolute Gasteiger partial charge is 0.294 e. The van der Waals surface area contributed by atoms with Crippen LogP contribution < -0.4 is 5.73 Å². The number of nitrogen functional groups attached to an aromatic ring is 1.